The molecule has 82 valence electrons. The Morgan fingerprint density at radius 1 is 1.19 bits per heavy atom. The Kier molecular flexibility index (Phi) is 3.40. The maximum atomic E-state index is 3.84. The third-order valence-corrected chi connectivity index (χ3v) is 3.16. The van der Waals surface area contributed by atoms with Crippen LogP contribution in [0.25, 0.3) is 6.08 Å². The van der Waals surface area contributed by atoms with Gasteiger partial charge in [0.15, 0.2) is 0 Å². The van der Waals surface area contributed by atoms with Crippen LogP contribution in [0.15, 0.2) is 59.7 Å². The normalized spacial score (nSPS) is 18.2. The summed E-state index contributed by atoms with van der Waals surface area (Å²) >= 11 is 0. The second-order valence-electron chi connectivity index (χ2n) is 4.33. The summed E-state index contributed by atoms with van der Waals surface area (Å²) in [5, 5.41) is 0. The summed E-state index contributed by atoms with van der Waals surface area (Å²) in [5.74, 6) is 0. The van der Waals surface area contributed by atoms with Gasteiger partial charge in [-0.3, -0.25) is 0 Å². The quantitative estimate of drug-likeness (QED) is 0.631. The number of rotatable bonds is 3. The van der Waals surface area contributed by atoms with E-state index in [0.29, 0.717) is 0 Å². The van der Waals surface area contributed by atoms with Gasteiger partial charge in [-0.25, -0.2) is 0 Å². The lowest BCUT2D eigenvalue weighted by molar-refractivity contribution is 1.01. The van der Waals surface area contributed by atoms with Crippen molar-refractivity contribution in [1.82, 2.24) is 0 Å². The van der Waals surface area contributed by atoms with E-state index in [1.165, 1.54) is 35.1 Å². The van der Waals surface area contributed by atoms with E-state index in [1.54, 1.807) is 0 Å². The molecule has 0 N–H and O–H groups in total. The summed E-state index contributed by atoms with van der Waals surface area (Å²) in [6.07, 6.45) is 7.72. The summed E-state index contributed by atoms with van der Waals surface area (Å²) in [6.45, 7) is 6.08. The minimum atomic E-state index is 1.00. The second kappa shape index (κ2) is 4.98. The fraction of sp³-hybridized carbons (Fsp3) is 0.250. The maximum absolute atomic E-state index is 3.84. The van der Waals surface area contributed by atoms with Gasteiger partial charge in [-0.15, -0.1) is 6.58 Å². The third-order valence-electron chi connectivity index (χ3n) is 3.16. The van der Waals surface area contributed by atoms with Gasteiger partial charge < -0.3 is 0 Å². The first-order valence-corrected chi connectivity index (χ1v) is 5.87. The molecule has 0 fully saturated rings. The molecule has 0 aliphatic heterocycles. The summed E-state index contributed by atoms with van der Waals surface area (Å²) < 4.78 is 0. The zero-order valence-corrected chi connectivity index (χ0v) is 9.87. The summed E-state index contributed by atoms with van der Waals surface area (Å²) in [6, 6.07) is 10.6. The van der Waals surface area contributed by atoms with Gasteiger partial charge in [-0.2, -0.15) is 0 Å². The monoisotopic (exact) mass is 210 g/mol. The average Bonchev–Trinajstić information content (AvgIpc) is 2.64. The van der Waals surface area contributed by atoms with Gasteiger partial charge in [-0.05, 0) is 42.9 Å². The molecule has 0 unspecified atom stereocenters. The first-order chi connectivity index (χ1) is 7.81. The number of benzene rings is 1. The Morgan fingerprint density at radius 2 is 1.94 bits per heavy atom. The van der Waals surface area contributed by atoms with Crippen LogP contribution in [-0.4, -0.2) is 0 Å². The van der Waals surface area contributed by atoms with E-state index in [9.17, 15) is 0 Å². The Morgan fingerprint density at radius 3 is 2.62 bits per heavy atom. The first kappa shape index (κ1) is 10.9. The van der Waals surface area contributed by atoms with Crippen molar-refractivity contribution in [3.8, 4) is 0 Å². The van der Waals surface area contributed by atoms with Crippen LogP contribution in [-0.2, 0) is 0 Å². The van der Waals surface area contributed by atoms with Crippen molar-refractivity contribution < 1.29 is 0 Å². The lowest BCUT2D eigenvalue weighted by Crippen LogP contribution is -1.83. The SMILES string of the molecule is C=CCC1=C(C)CCC1=Cc1ccccc1. The molecule has 0 amide bonds. The maximum Gasteiger partial charge on any atom is -0.00979 e. The zero-order chi connectivity index (χ0) is 11.4. The molecule has 0 aromatic heterocycles. The van der Waals surface area contributed by atoms with Gasteiger partial charge in [0.1, 0.15) is 0 Å². The third kappa shape index (κ3) is 2.33. The number of hydrogen-bond donors (Lipinski definition) is 0. The van der Waals surface area contributed by atoms with E-state index < -0.39 is 0 Å². The smallest absolute Gasteiger partial charge is 0.00979 e. The van der Waals surface area contributed by atoms with Gasteiger partial charge >= 0.3 is 0 Å². The molecular weight excluding hydrogens is 192 g/mol. The Bertz CT molecular complexity index is 432. The second-order valence-corrected chi connectivity index (χ2v) is 4.33. The van der Waals surface area contributed by atoms with Crippen molar-refractivity contribution in [2.75, 3.05) is 0 Å². The molecule has 1 aliphatic carbocycles. The van der Waals surface area contributed by atoms with Gasteiger partial charge in [0.05, 0.1) is 0 Å². The van der Waals surface area contributed by atoms with E-state index in [0.717, 1.165) is 6.42 Å². The van der Waals surface area contributed by atoms with Crippen LogP contribution in [0.1, 0.15) is 31.7 Å². The molecule has 0 nitrogen and oxygen atoms in total. The molecular formula is C16H18. The predicted molar refractivity (Wildman–Crippen MR) is 71.2 cm³/mol. The molecule has 16 heavy (non-hydrogen) atoms. The predicted octanol–water partition coefficient (Wildman–Crippen LogP) is 4.76. The minimum absolute atomic E-state index is 1.00. The van der Waals surface area contributed by atoms with E-state index in [1.807, 2.05) is 6.08 Å². The lowest BCUT2D eigenvalue weighted by atomic mass is 10.0. The van der Waals surface area contributed by atoms with Crippen molar-refractivity contribution in [2.45, 2.75) is 26.2 Å². The molecule has 0 spiro atoms. The van der Waals surface area contributed by atoms with Gasteiger partial charge in [0.25, 0.3) is 0 Å². The fourth-order valence-electron chi connectivity index (χ4n) is 2.26. The van der Waals surface area contributed by atoms with Gasteiger partial charge in [0.2, 0.25) is 0 Å². The Hall–Kier alpha value is -1.56. The molecule has 0 radical (unpaired) electrons. The average molecular weight is 210 g/mol. The van der Waals surface area contributed by atoms with Crippen molar-refractivity contribution in [1.29, 1.82) is 0 Å². The highest BCUT2D eigenvalue weighted by Gasteiger charge is 2.14. The molecule has 1 aliphatic rings. The van der Waals surface area contributed by atoms with Crippen molar-refractivity contribution in [3.63, 3.8) is 0 Å². The van der Waals surface area contributed by atoms with Crippen LogP contribution < -0.4 is 0 Å². The highest BCUT2D eigenvalue weighted by Crippen LogP contribution is 2.34. The molecule has 0 bridgehead atoms. The van der Waals surface area contributed by atoms with E-state index in [4.69, 9.17) is 0 Å². The minimum Gasteiger partial charge on any atom is -0.103 e. The Labute approximate surface area is 98.0 Å². The molecule has 0 heterocycles. The lowest BCUT2D eigenvalue weighted by Gasteiger charge is -2.04. The molecule has 0 heteroatoms. The highest BCUT2D eigenvalue weighted by molar-refractivity contribution is 5.61. The van der Waals surface area contributed by atoms with Crippen LogP contribution in [0.5, 0.6) is 0 Å². The van der Waals surface area contributed by atoms with Crippen LogP contribution in [0.2, 0.25) is 0 Å². The molecule has 0 saturated heterocycles. The molecule has 0 saturated carbocycles. The van der Waals surface area contributed by atoms with Crippen molar-refractivity contribution in [3.05, 3.63) is 65.3 Å². The number of hydrogen-bond acceptors (Lipinski definition) is 0. The van der Waals surface area contributed by atoms with Crippen molar-refractivity contribution >= 4 is 6.08 Å². The van der Waals surface area contributed by atoms with Crippen molar-refractivity contribution in [2.24, 2.45) is 0 Å². The zero-order valence-electron chi connectivity index (χ0n) is 9.87. The number of allylic oxidation sites excluding steroid dienone is 4. The van der Waals surface area contributed by atoms with Crippen LogP contribution in [0.4, 0.5) is 0 Å². The highest BCUT2D eigenvalue weighted by atomic mass is 14.2. The molecule has 1 aromatic carbocycles. The van der Waals surface area contributed by atoms with Crippen LogP contribution >= 0.6 is 0 Å². The van der Waals surface area contributed by atoms with E-state index in [2.05, 4.69) is 49.9 Å². The standard InChI is InChI=1S/C16H18/c1-3-7-16-13(2)10-11-15(16)12-14-8-5-4-6-9-14/h3-6,8-9,12H,1,7,10-11H2,2H3. The largest absolute Gasteiger partial charge is 0.103 e. The summed E-state index contributed by atoms with van der Waals surface area (Å²) in [4.78, 5) is 0. The van der Waals surface area contributed by atoms with Crippen LogP contribution in [0, 0.1) is 0 Å². The molecule has 2 rings (SSSR count). The summed E-state index contributed by atoms with van der Waals surface area (Å²) in [7, 11) is 0. The topological polar surface area (TPSA) is 0 Å². The first-order valence-electron chi connectivity index (χ1n) is 5.87. The van der Waals surface area contributed by atoms with E-state index in [-0.39, 0.29) is 0 Å². The molecule has 1 aromatic rings. The Balaban J connectivity index is 2.28. The van der Waals surface area contributed by atoms with Crippen LogP contribution in [0.3, 0.4) is 0 Å². The van der Waals surface area contributed by atoms with Gasteiger partial charge in [-0.1, -0.05) is 48.1 Å². The van der Waals surface area contributed by atoms with Gasteiger partial charge in [0, 0.05) is 0 Å². The molecule has 0 atom stereocenters. The fourth-order valence-corrected chi connectivity index (χ4v) is 2.26. The van der Waals surface area contributed by atoms with E-state index >= 15 is 0 Å². The summed E-state index contributed by atoms with van der Waals surface area (Å²) in [5.41, 5.74) is 5.82.